The van der Waals surface area contributed by atoms with Crippen molar-refractivity contribution in [3.63, 3.8) is 0 Å². The fourth-order valence-electron chi connectivity index (χ4n) is 2.56. The number of nitrogens with zero attached hydrogens (tertiary/aromatic N) is 1. The fourth-order valence-corrected chi connectivity index (χ4v) is 4.23. The smallest absolute Gasteiger partial charge is 0.315 e. The highest BCUT2D eigenvalue weighted by Crippen LogP contribution is 2.11. The van der Waals surface area contributed by atoms with Gasteiger partial charge in [-0.2, -0.15) is 0 Å². The van der Waals surface area contributed by atoms with Crippen molar-refractivity contribution in [2.24, 2.45) is 0 Å². The zero-order valence-corrected chi connectivity index (χ0v) is 12.2. The first kappa shape index (κ1) is 15.1. The van der Waals surface area contributed by atoms with E-state index in [1.807, 2.05) is 4.90 Å². The quantitative estimate of drug-likeness (QED) is 0.668. The Morgan fingerprint density at radius 3 is 2.80 bits per heavy atom. The summed E-state index contributed by atoms with van der Waals surface area (Å²) < 4.78 is 22.5. The lowest BCUT2D eigenvalue weighted by Gasteiger charge is -2.16. The molecule has 1 unspecified atom stereocenters. The van der Waals surface area contributed by atoms with Crippen LogP contribution in [0.25, 0.3) is 0 Å². The molecule has 20 heavy (non-hydrogen) atoms. The van der Waals surface area contributed by atoms with Crippen LogP contribution in [0.3, 0.4) is 0 Å². The molecule has 8 heteroatoms. The Morgan fingerprint density at radius 1 is 1.40 bits per heavy atom. The highest BCUT2D eigenvalue weighted by Gasteiger charge is 2.28. The SMILES string of the molecule is O=C(NCCCN1CCCC1=O)NC1CCS(=O)(=O)C1. The molecule has 3 amide bonds. The van der Waals surface area contributed by atoms with E-state index in [1.54, 1.807) is 0 Å². The molecule has 2 aliphatic rings. The Hall–Kier alpha value is -1.31. The molecule has 0 aromatic heterocycles. The molecule has 0 aliphatic carbocycles. The summed E-state index contributed by atoms with van der Waals surface area (Å²) in [5, 5.41) is 5.35. The minimum absolute atomic E-state index is 0.0305. The van der Waals surface area contributed by atoms with Gasteiger partial charge in [0.15, 0.2) is 9.84 Å². The Morgan fingerprint density at radius 2 is 2.20 bits per heavy atom. The number of likely N-dealkylation sites (tertiary alicyclic amines) is 1. The Bertz CT molecular complexity index is 477. The third-order valence-electron chi connectivity index (χ3n) is 3.63. The number of hydrogen-bond donors (Lipinski definition) is 2. The van der Waals surface area contributed by atoms with E-state index < -0.39 is 9.84 Å². The minimum Gasteiger partial charge on any atom is -0.343 e. The first-order valence-electron chi connectivity index (χ1n) is 6.99. The number of sulfone groups is 1. The van der Waals surface area contributed by atoms with Crippen LogP contribution >= 0.6 is 0 Å². The van der Waals surface area contributed by atoms with Gasteiger partial charge in [0.1, 0.15) is 0 Å². The minimum atomic E-state index is -2.97. The van der Waals surface area contributed by atoms with Crippen molar-refractivity contribution in [1.29, 1.82) is 0 Å². The Labute approximate surface area is 119 Å². The van der Waals surface area contributed by atoms with E-state index in [1.165, 1.54) is 0 Å². The van der Waals surface area contributed by atoms with Crippen molar-refractivity contribution in [2.45, 2.75) is 31.7 Å². The Balaban J connectivity index is 1.57. The lowest BCUT2D eigenvalue weighted by atomic mass is 10.3. The predicted octanol–water partition coefficient (Wildman–Crippen LogP) is -0.515. The average molecular weight is 303 g/mol. The van der Waals surface area contributed by atoms with Gasteiger partial charge < -0.3 is 15.5 Å². The number of amides is 3. The van der Waals surface area contributed by atoms with Crippen LogP contribution in [-0.4, -0.2) is 62.4 Å². The third-order valence-corrected chi connectivity index (χ3v) is 5.40. The zero-order valence-electron chi connectivity index (χ0n) is 11.4. The van der Waals surface area contributed by atoms with Crippen LogP contribution < -0.4 is 10.6 Å². The maximum absolute atomic E-state index is 11.6. The summed E-state index contributed by atoms with van der Waals surface area (Å²) in [5.41, 5.74) is 0. The summed E-state index contributed by atoms with van der Waals surface area (Å²) in [6, 6.07) is -0.611. The van der Waals surface area contributed by atoms with Crippen LogP contribution in [0.4, 0.5) is 4.79 Å². The molecule has 0 radical (unpaired) electrons. The summed E-state index contributed by atoms with van der Waals surface area (Å²) in [6.45, 7) is 1.96. The Kier molecular flexibility index (Phi) is 4.85. The molecule has 0 spiro atoms. The van der Waals surface area contributed by atoms with Crippen LogP contribution in [0.2, 0.25) is 0 Å². The van der Waals surface area contributed by atoms with Gasteiger partial charge in [-0.1, -0.05) is 0 Å². The summed E-state index contributed by atoms with van der Waals surface area (Å²) in [7, 11) is -2.97. The third kappa shape index (κ3) is 4.36. The van der Waals surface area contributed by atoms with E-state index >= 15 is 0 Å². The number of carbonyl (C=O) groups excluding carboxylic acids is 2. The molecule has 0 aromatic carbocycles. The second kappa shape index (κ2) is 6.43. The zero-order chi connectivity index (χ0) is 14.6. The predicted molar refractivity (Wildman–Crippen MR) is 74.0 cm³/mol. The molecule has 1 atom stereocenters. The molecule has 7 nitrogen and oxygen atoms in total. The van der Waals surface area contributed by atoms with Gasteiger partial charge in [-0.3, -0.25) is 4.79 Å². The van der Waals surface area contributed by atoms with Crippen LogP contribution in [0.1, 0.15) is 25.7 Å². The molecule has 2 saturated heterocycles. The molecule has 2 rings (SSSR count). The van der Waals surface area contributed by atoms with Crippen molar-refractivity contribution in [3.05, 3.63) is 0 Å². The van der Waals surface area contributed by atoms with Gasteiger partial charge in [-0.05, 0) is 19.3 Å². The van der Waals surface area contributed by atoms with Gasteiger partial charge >= 0.3 is 6.03 Å². The lowest BCUT2D eigenvalue weighted by Crippen LogP contribution is -2.43. The van der Waals surface area contributed by atoms with Crippen molar-refractivity contribution in [1.82, 2.24) is 15.5 Å². The summed E-state index contributed by atoms with van der Waals surface area (Å²) >= 11 is 0. The van der Waals surface area contributed by atoms with Crippen LogP contribution in [0.15, 0.2) is 0 Å². The summed E-state index contributed by atoms with van der Waals surface area (Å²) in [6.07, 6.45) is 2.74. The van der Waals surface area contributed by atoms with Crippen molar-refractivity contribution >= 4 is 21.8 Å². The van der Waals surface area contributed by atoms with Gasteiger partial charge in [0.2, 0.25) is 5.91 Å². The highest BCUT2D eigenvalue weighted by atomic mass is 32.2. The second-order valence-corrected chi connectivity index (χ2v) is 7.57. The van der Waals surface area contributed by atoms with E-state index in [-0.39, 0.29) is 29.5 Å². The van der Waals surface area contributed by atoms with Gasteiger partial charge in [-0.15, -0.1) is 0 Å². The molecule has 0 saturated carbocycles. The summed E-state index contributed by atoms with van der Waals surface area (Å²) in [4.78, 5) is 24.7. The van der Waals surface area contributed by atoms with Gasteiger partial charge in [0.25, 0.3) is 0 Å². The van der Waals surface area contributed by atoms with E-state index in [0.717, 1.165) is 13.0 Å². The number of urea groups is 1. The van der Waals surface area contributed by atoms with E-state index in [2.05, 4.69) is 10.6 Å². The molecule has 114 valence electrons. The van der Waals surface area contributed by atoms with E-state index in [9.17, 15) is 18.0 Å². The molecule has 0 bridgehead atoms. The van der Waals surface area contributed by atoms with Crippen molar-refractivity contribution in [2.75, 3.05) is 31.1 Å². The summed E-state index contributed by atoms with van der Waals surface area (Å²) in [5.74, 6) is 0.364. The number of nitrogens with one attached hydrogen (secondary N) is 2. The van der Waals surface area contributed by atoms with Crippen LogP contribution in [0, 0.1) is 0 Å². The average Bonchev–Trinajstić information content (AvgIpc) is 2.91. The molecule has 2 aliphatic heterocycles. The second-order valence-electron chi connectivity index (χ2n) is 5.34. The topological polar surface area (TPSA) is 95.6 Å². The molecule has 2 N–H and O–H groups in total. The number of carbonyl (C=O) groups is 2. The maximum Gasteiger partial charge on any atom is 0.315 e. The maximum atomic E-state index is 11.6. The van der Waals surface area contributed by atoms with Crippen molar-refractivity contribution < 1.29 is 18.0 Å². The molecule has 0 aromatic rings. The lowest BCUT2D eigenvalue weighted by molar-refractivity contribution is -0.127. The molecular formula is C12H21N3O4S. The van der Waals surface area contributed by atoms with Gasteiger partial charge in [0, 0.05) is 32.1 Å². The largest absolute Gasteiger partial charge is 0.343 e. The monoisotopic (exact) mass is 303 g/mol. The number of rotatable bonds is 5. The molecular weight excluding hydrogens is 282 g/mol. The molecule has 2 heterocycles. The highest BCUT2D eigenvalue weighted by molar-refractivity contribution is 7.91. The first-order chi connectivity index (χ1) is 9.46. The number of hydrogen-bond acceptors (Lipinski definition) is 4. The van der Waals surface area contributed by atoms with E-state index in [0.29, 0.717) is 32.4 Å². The fraction of sp³-hybridized carbons (Fsp3) is 0.833. The van der Waals surface area contributed by atoms with Gasteiger partial charge in [0.05, 0.1) is 11.5 Å². The normalized spacial score (nSPS) is 24.9. The van der Waals surface area contributed by atoms with Crippen LogP contribution in [-0.2, 0) is 14.6 Å². The molecule has 2 fully saturated rings. The van der Waals surface area contributed by atoms with Crippen molar-refractivity contribution in [3.8, 4) is 0 Å². The van der Waals surface area contributed by atoms with Gasteiger partial charge in [-0.25, -0.2) is 13.2 Å². The van der Waals surface area contributed by atoms with E-state index in [4.69, 9.17) is 0 Å². The standard InChI is InChI=1S/C12H21N3O4S/c16-11-3-1-6-15(11)7-2-5-13-12(17)14-10-4-8-20(18,19)9-10/h10H,1-9H2,(H2,13,14,17). The van der Waals surface area contributed by atoms with Crippen LogP contribution in [0.5, 0.6) is 0 Å². The first-order valence-corrected chi connectivity index (χ1v) is 8.81.